The fourth-order valence-corrected chi connectivity index (χ4v) is 4.09. The van der Waals surface area contributed by atoms with Crippen LogP contribution in [0.25, 0.3) is 0 Å². The van der Waals surface area contributed by atoms with Gasteiger partial charge in [0.05, 0.1) is 0 Å². The van der Waals surface area contributed by atoms with Crippen LogP contribution in [0.4, 0.5) is 4.79 Å². The van der Waals surface area contributed by atoms with Crippen LogP contribution < -0.4 is 10.6 Å². The molecule has 3 amide bonds. The van der Waals surface area contributed by atoms with Crippen LogP contribution in [-0.2, 0) is 14.3 Å². The van der Waals surface area contributed by atoms with Crippen LogP contribution in [0, 0.1) is 12.3 Å². The smallest absolute Gasteiger partial charge is 0.408 e. The minimum Gasteiger partial charge on any atom is -0.444 e. The van der Waals surface area contributed by atoms with Crippen LogP contribution in [0.15, 0.2) is 24.3 Å². The van der Waals surface area contributed by atoms with Crippen molar-refractivity contribution in [2.45, 2.75) is 104 Å². The molecule has 0 spiro atoms. The number of terminal acetylenes is 1. The third kappa shape index (κ3) is 11.5. The molecule has 2 N–H and O–H groups in total. The van der Waals surface area contributed by atoms with Gasteiger partial charge < -0.3 is 20.3 Å². The number of benzene rings is 1. The molecule has 1 aromatic carbocycles. The number of amides is 3. The monoisotopic (exact) mass is 531 g/mol. The number of hydrogen-bond acceptors (Lipinski definition) is 5. The standard InChI is InChI=1S/C29H45N3O4S/c1-9-11-12-13-16-19-32(26(34)23(20-37)30-27(35)36-29(6,7)8)24(25(33)31-28(3,4)5)22-18-15-14-17-21(22)10-2/h2,14-15,17-18,23-24,37H,9,11-13,16,19-20H2,1,3-8H3,(H,30,35)(H,31,33). The average Bonchev–Trinajstić information content (AvgIpc) is 2.79. The van der Waals surface area contributed by atoms with E-state index in [1.165, 1.54) is 4.90 Å². The Balaban J connectivity index is 3.49. The van der Waals surface area contributed by atoms with Crippen molar-refractivity contribution in [3.05, 3.63) is 35.4 Å². The minimum absolute atomic E-state index is 0.0365. The summed E-state index contributed by atoms with van der Waals surface area (Å²) in [6.45, 7) is 13.3. The highest BCUT2D eigenvalue weighted by Gasteiger charge is 2.37. The average molecular weight is 532 g/mol. The number of carbonyl (C=O) groups excluding carboxylic acids is 3. The molecule has 37 heavy (non-hydrogen) atoms. The summed E-state index contributed by atoms with van der Waals surface area (Å²) in [5.41, 5.74) is -0.172. The van der Waals surface area contributed by atoms with E-state index >= 15 is 0 Å². The first-order valence-electron chi connectivity index (χ1n) is 13.0. The van der Waals surface area contributed by atoms with Crippen LogP contribution in [0.5, 0.6) is 0 Å². The fraction of sp³-hybridized carbons (Fsp3) is 0.621. The molecule has 0 bridgehead atoms. The lowest BCUT2D eigenvalue weighted by atomic mass is 9.96. The van der Waals surface area contributed by atoms with Crippen molar-refractivity contribution in [3.63, 3.8) is 0 Å². The Hall–Kier alpha value is -2.66. The second-order valence-corrected chi connectivity index (χ2v) is 11.6. The van der Waals surface area contributed by atoms with Gasteiger partial charge in [-0.15, -0.1) is 6.42 Å². The van der Waals surface area contributed by atoms with E-state index in [4.69, 9.17) is 11.2 Å². The van der Waals surface area contributed by atoms with Crippen LogP contribution in [0.1, 0.15) is 97.7 Å². The molecule has 2 unspecified atom stereocenters. The summed E-state index contributed by atoms with van der Waals surface area (Å²) in [5.74, 6) is 1.93. The number of nitrogens with zero attached hydrogens (tertiary/aromatic N) is 1. The van der Waals surface area contributed by atoms with Gasteiger partial charge in [-0.3, -0.25) is 9.59 Å². The van der Waals surface area contributed by atoms with Gasteiger partial charge in [-0.2, -0.15) is 12.6 Å². The lowest BCUT2D eigenvalue weighted by molar-refractivity contribution is -0.142. The van der Waals surface area contributed by atoms with Gasteiger partial charge >= 0.3 is 6.09 Å². The number of unbranched alkanes of at least 4 members (excludes halogenated alkanes) is 4. The van der Waals surface area contributed by atoms with Crippen LogP contribution in [0.2, 0.25) is 0 Å². The molecule has 0 saturated heterocycles. The highest BCUT2D eigenvalue weighted by Crippen LogP contribution is 2.27. The summed E-state index contributed by atoms with van der Waals surface area (Å²) in [5, 5.41) is 5.65. The third-order valence-corrected chi connectivity index (χ3v) is 5.79. The van der Waals surface area contributed by atoms with Gasteiger partial charge in [0, 0.05) is 23.4 Å². The molecule has 206 valence electrons. The van der Waals surface area contributed by atoms with Gasteiger partial charge in [0.2, 0.25) is 11.8 Å². The van der Waals surface area contributed by atoms with E-state index < -0.39 is 35.2 Å². The minimum atomic E-state index is -0.989. The van der Waals surface area contributed by atoms with E-state index in [0.717, 1.165) is 25.7 Å². The fourth-order valence-electron chi connectivity index (χ4n) is 3.84. The van der Waals surface area contributed by atoms with Crippen molar-refractivity contribution in [3.8, 4) is 12.3 Å². The Labute approximate surface area is 228 Å². The van der Waals surface area contributed by atoms with E-state index in [0.29, 0.717) is 24.1 Å². The summed E-state index contributed by atoms with van der Waals surface area (Å²) >= 11 is 4.34. The predicted octanol–water partition coefficient (Wildman–Crippen LogP) is 5.25. The molecular formula is C29H45N3O4S. The second kappa shape index (κ2) is 14.9. The van der Waals surface area contributed by atoms with Gasteiger partial charge in [0.15, 0.2) is 0 Å². The van der Waals surface area contributed by atoms with Crippen molar-refractivity contribution in [1.82, 2.24) is 15.5 Å². The van der Waals surface area contributed by atoms with Gasteiger partial charge in [-0.1, -0.05) is 56.7 Å². The molecule has 0 fully saturated rings. The van der Waals surface area contributed by atoms with E-state index in [1.54, 1.807) is 45.0 Å². The quantitative estimate of drug-likeness (QED) is 0.195. The van der Waals surface area contributed by atoms with Crippen molar-refractivity contribution in [2.24, 2.45) is 0 Å². The summed E-state index contributed by atoms with van der Waals surface area (Å²) in [4.78, 5) is 41.7. The lowest BCUT2D eigenvalue weighted by Gasteiger charge is -2.36. The Bertz CT molecular complexity index is 944. The van der Waals surface area contributed by atoms with Gasteiger partial charge in [0.1, 0.15) is 17.7 Å². The van der Waals surface area contributed by atoms with Crippen molar-refractivity contribution in [1.29, 1.82) is 0 Å². The molecule has 1 rings (SSSR count). The first kappa shape index (κ1) is 32.4. The topological polar surface area (TPSA) is 87.7 Å². The number of rotatable bonds is 12. The van der Waals surface area contributed by atoms with E-state index in [-0.39, 0.29) is 11.7 Å². The summed E-state index contributed by atoms with van der Waals surface area (Å²) < 4.78 is 5.36. The molecule has 0 heterocycles. The Kier molecular flexibility index (Phi) is 13.1. The maximum Gasteiger partial charge on any atom is 0.408 e. The third-order valence-electron chi connectivity index (χ3n) is 5.43. The highest BCUT2D eigenvalue weighted by atomic mass is 32.1. The molecule has 0 aliphatic heterocycles. The number of thiol groups is 1. The van der Waals surface area contributed by atoms with Gasteiger partial charge in [-0.25, -0.2) is 4.79 Å². The molecule has 1 aromatic rings. The summed E-state index contributed by atoms with van der Waals surface area (Å²) in [6, 6.07) is 5.16. The van der Waals surface area contributed by atoms with Crippen molar-refractivity contribution >= 4 is 30.5 Å². The molecule has 0 aromatic heterocycles. The second-order valence-electron chi connectivity index (χ2n) is 11.2. The normalized spacial score (nSPS) is 13.2. The Morgan fingerprint density at radius 3 is 2.22 bits per heavy atom. The lowest BCUT2D eigenvalue weighted by Crippen LogP contribution is -2.55. The zero-order valence-electron chi connectivity index (χ0n) is 23.5. The van der Waals surface area contributed by atoms with E-state index in [2.05, 4.69) is 36.1 Å². The predicted molar refractivity (Wildman–Crippen MR) is 152 cm³/mol. The van der Waals surface area contributed by atoms with Crippen LogP contribution in [0.3, 0.4) is 0 Å². The SMILES string of the molecule is C#Cc1ccccc1C(C(=O)NC(C)(C)C)N(CCCCCCC)C(=O)C(CS)NC(=O)OC(C)(C)C. The molecule has 0 aliphatic carbocycles. The molecule has 0 saturated carbocycles. The molecule has 0 radical (unpaired) electrons. The largest absolute Gasteiger partial charge is 0.444 e. The first-order chi connectivity index (χ1) is 17.2. The Morgan fingerprint density at radius 2 is 1.68 bits per heavy atom. The van der Waals surface area contributed by atoms with Gasteiger partial charge in [-0.05, 0) is 59.6 Å². The molecular weight excluding hydrogens is 486 g/mol. The number of hydrogen-bond donors (Lipinski definition) is 3. The van der Waals surface area contributed by atoms with Crippen molar-refractivity contribution in [2.75, 3.05) is 12.3 Å². The first-order valence-corrected chi connectivity index (χ1v) is 13.7. The zero-order valence-corrected chi connectivity index (χ0v) is 24.4. The van der Waals surface area contributed by atoms with E-state index in [1.807, 2.05) is 20.8 Å². The van der Waals surface area contributed by atoms with E-state index in [9.17, 15) is 14.4 Å². The molecule has 7 nitrogen and oxygen atoms in total. The molecule has 8 heteroatoms. The van der Waals surface area contributed by atoms with Crippen LogP contribution >= 0.6 is 12.6 Å². The highest BCUT2D eigenvalue weighted by molar-refractivity contribution is 7.80. The maximum atomic E-state index is 14.0. The molecule has 0 aliphatic rings. The number of carbonyl (C=O) groups is 3. The van der Waals surface area contributed by atoms with Crippen LogP contribution in [-0.4, -0.2) is 52.3 Å². The number of nitrogens with one attached hydrogen (secondary N) is 2. The number of alkyl carbamates (subject to hydrolysis) is 1. The number of ether oxygens (including phenoxy) is 1. The van der Waals surface area contributed by atoms with Gasteiger partial charge in [0.25, 0.3) is 0 Å². The summed E-state index contributed by atoms with van der Waals surface area (Å²) in [6.07, 6.45) is 9.90. The molecule has 2 atom stereocenters. The zero-order chi connectivity index (χ0) is 28.2. The van der Waals surface area contributed by atoms with Crippen molar-refractivity contribution < 1.29 is 19.1 Å². The summed E-state index contributed by atoms with van der Waals surface area (Å²) in [7, 11) is 0. The maximum absolute atomic E-state index is 14.0. The Morgan fingerprint density at radius 1 is 1.05 bits per heavy atom.